The van der Waals surface area contributed by atoms with Crippen molar-refractivity contribution in [2.75, 3.05) is 0 Å². The molecule has 0 aliphatic carbocycles. The second kappa shape index (κ2) is 2.54. The Bertz CT molecular complexity index is 79.4. The molecule has 1 rings (SSSR count). The van der Waals surface area contributed by atoms with Gasteiger partial charge in [-0.3, -0.25) is 0 Å². The van der Waals surface area contributed by atoms with Gasteiger partial charge in [-0.2, -0.15) is 9.78 Å². The van der Waals surface area contributed by atoms with Crippen molar-refractivity contribution in [1.82, 2.24) is 0 Å². The maximum Gasteiger partial charge on any atom is 0.363 e. The van der Waals surface area contributed by atoms with Crippen LogP contribution < -0.4 is 0 Å². The Morgan fingerprint density at radius 1 is 1.50 bits per heavy atom. The molecule has 1 aliphatic rings. The van der Waals surface area contributed by atoms with Crippen LogP contribution in [0.4, 0.5) is 0 Å². The summed E-state index contributed by atoms with van der Waals surface area (Å²) in [6.45, 7) is 1.37. The van der Waals surface area contributed by atoms with E-state index in [1.54, 1.807) is 0 Å². The van der Waals surface area contributed by atoms with Gasteiger partial charge in [0, 0.05) is 26.2 Å². The molecule has 0 amide bonds. The molecule has 1 heterocycles. The van der Waals surface area contributed by atoms with E-state index in [-0.39, 0.29) is 26.2 Å². The third-order valence-corrected chi connectivity index (χ3v) is 0.782. The topological polar surface area (TPSA) is 65.5 Å². The molecule has 0 aromatic heterocycles. The van der Waals surface area contributed by atoms with Gasteiger partial charge in [0.25, 0.3) is 0 Å². The summed E-state index contributed by atoms with van der Waals surface area (Å²) in [7, 11) is 0. The average Bonchev–Trinajstić information content (AvgIpc) is 2.21. The minimum absolute atomic E-state index is 0. The largest absolute Gasteiger partial charge is 0.385 e. The quantitative estimate of drug-likeness (QED) is 0.417. The first-order valence-electron chi connectivity index (χ1n) is 1.92. The van der Waals surface area contributed by atoms with Crippen LogP contribution in [0.15, 0.2) is 0 Å². The van der Waals surface area contributed by atoms with Crippen LogP contribution in [-0.4, -0.2) is 22.3 Å². The van der Waals surface area contributed by atoms with Crippen LogP contribution in [0.3, 0.4) is 0 Å². The standard InChI is InChI=1S/C3H6O4.Zr/c1-2(4)3(5)6-7-3;/h2,4-5H,1H3;. The first-order chi connectivity index (χ1) is 3.15. The van der Waals surface area contributed by atoms with Crippen LogP contribution in [0.1, 0.15) is 6.92 Å². The summed E-state index contributed by atoms with van der Waals surface area (Å²) in [5.74, 6) is -1.69. The van der Waals surface area contributed by atoms with E-state index in [9.17, 15) is 0 Å². The molecule has 2 N–H and O–H groups in total. The molecule has 1 fully saturated rings. The normalized spacial score (nSPS) is 25.9. The van der Waals surface area contributed by atoms with Crippen LogP contribution in [0, 0.1) is 0 Å². The number of hydrogen-bond acceptors (Lipinski definition) is 4. The van der Waals surface area contributed by atoms with Crippen molar-refractivity contribution in [3.8, 4) is 0 Å². The van der Waals surface area contributed by atoms with Gasteiger partial charge in [0.1, 0.15) is 6.10 Å². The van der Waals surface area contributed by atoms with E-state index in [1.165, 1.54) is 6.92 Å². The van der Waals surface area contributed by atoms with Crippen molar-refractivity contribution in [2.24, 2.45) is 0 Å². The molecule has 0 spiro atoms. The van der Waals surface area contributed by atoms with Gasteiger partial charge in [-0.05, 0) is 6.92 Å². The first-order valence-corrected chi connectivity index (χ1v) is 1.92. The fourth-order valence-electron chi connectivity index (χ4n) is 0.182. The van der Waals surface area contributed by atoms with Crippen LogP contribution in [0.2, 0.25) is 0 Å². The van der Waals surface area contributed by atoms with E-state index in [2.05, 4.69) is 9.78 Å². The van der Waals surface area contributed by atoms with Gasteiger partial charge in [-0.25, -0.2) is 0 Å². The fraction of sp³-hybridized carbons (Fsp3) is 1.00. The Kier molecular flexibility index (Phi) is 2.77. The first kappa shape index (κ1) is 8.72. The molecule has 0 aromatic rings. The monoisotopic (exact) mass is 196 g/mol. The zero-order chi connectivity index (χ0) is 5.49. The number of rotatable bonds is 1. The van der Waals surface area contributed by atoms with E-state index >= 15 is 0 Å². The molecular weight excluding hydrogens is 191 g/mol. The third kappa shape index (κ3) is 1.60. The van der Waals surface area contributed by atoms with Gasteiger partial charge in [0.2, 0.25) is 0 Å². The second-order valence-electron chi connectivity index (χ2n) is 1.47. The predicted molar refractivity (Wildman–Crippen MR) is 18.8 cm³/mol. The van der Waals surface area contributed by atoms with E-state index in [4.69, 9.17) is 10.2 Å². The maximum absolute atomic E-state index is 8.51. The third-order valence-electron chi connectivity index (χ3n) is 0.782. The second-order valence-corrected chi connectivity index (χ2v) is 1.47. The number of aliphatic hydroxyl groups excluding tert-OH is 1. The Balaban J connectivity index is 0.000000490. The molecule has 1 aliphatic heterocycles. The van der Waals surface area contributed by atoms with Crippen molar-refractivity contribution in [1.29, 1.82) is 0 Å². The molecule has 0 bridgehead atoms. The fourth-order valence-corrected chi connectivity index (χ4v) is 0.182. The van der Waals surface area contributed by atoms with E-state index < -0.39 is 12.1 Å². The maximum atomic E-state index is 8.51. The minimum atomic E-state index is -1.69. The van der Waals surface area contributed by atoms with E-state index in [0.29, 0.717) is 0 Å². The van der Waals surface area contributed by atoms with E-state index in [0.717, 1.165) is 0 Å². The Morgan fingerprint density at radius 2 is 1.88 bits per heavy atom. The Morgan fingerprint density at radius 3 is 1.88 bits per heavy atom. The van der Waals surface area contributed by atoms with Crippen molar-refractivity contribution in [3.63, 3.8) is 0 Å². The van der Waals surface area contributed by atoms with Gasteiger partial charge >= 0.3 is 5.97 Å². The zero-order valence-electron chi connectivity index (χ0n) is 4.29. The Labute approximate surface area is 65.5 Å². The summed E-state index contributed by atoms with van der Waals surface area (Å²) in [4.78, 5) is 7.93. The number of aliphatic hydroxyl groups is 2. The predicted octanol–water partition coefficient (Wildman–Crippen LogP) is -1.03. The molecule has 0 radical (unpaired) electrons. The Hall–Kier alpha value is 0.723. The van der Waals surface area contributed by atoms with E-state index in [1.807, 2.05) is 0 Å². The molecule has 8 heavy (non-hydrogen) atoms. The molecule has 1 atom stereocenters. The summed E-state index contributed by atoms with van der Waals surface area (Å²) in [5, 5.41) is 17.0. The molecule has 1 saturated heterocycles. The zero-order valence-corrected chi connectivity index (χ0v) is 6.75. The summed E-state index contributed by atoms with van der Waals surface area (Å²) in [6.07, 6.45) is -0.979. The van der Waals surface area contributed by atoms with Crippen molar-refractivity contribution in [3.05, 3.63) is 0 Å². The molecule has 1 unspecified atom stereocenters. The SMILES string of the molecule is CC(O)C1(O)OO1.[Zr]. The van der Waals surface area contributed by atoms with Crippen LogP contribution in [0.25, 0.3) is 0 Å². The van der Waals surface area contributed by atoms with Crippen molar-refractivity contribution >= 4 is 0 Å². The molecular formula is C3H6O4Zr. The van der Waals surface area contributed by atoms with Gasteiger partial charge in [-0.15, -0.1) is 0 Å². The average molecular weight is 197 g/mol. The summed E-state index contributed by atoms with van der Waals surface area (Å²) >= 11 is 0. The van der Waals surface area contributed by atoms with Crippen LogP contribution >= 0.6 is 0 Å². The summed E-state index contributed by atoms with van der Waals surface area (Å²) < 4.78 is 0. The van der Waals surface area contributed by atoms with Gasteiger partial charge in [0.15, 0.2) is 0 Å². The molecule has 0 saturated carbocycles. The van der Waals surface area contributed by atoms with Crippen molar-refractivity contribution in [2.45, 2.75) is 19.0 Å². The number of hydrogen-bond donors (Lipinski definition) is 2. The molecule has 4 nitrogen and oxygen atoms in total. The van der Waals surface area contributed by atoms with Crippen molar-refractivity contribution < 1.29 is 46.2 Å². The van der Waals surface area contributed by atoms with Crippen LogP contribution in [0.5, 0.6) is 0 Å². The van der Waals surface area contributed by atoms with Gasteiger partial charge < -0.3 is 10.2 Å². The molecule has 5 heteroatoms. The summed E-state index contributed by atoms with van der Waals surface area (Å²) in [5.41, 5.74) is 0. The van der Waals surface area contributed by atoms with Gasteiger partial charge in [-0.1, -0.05) is 0 Å². The van der Waals surface area contributed by atoms with Gasteiger partial charge in [0.05, 0.1) is 0 Å². The smallest absolute Gasteiger partial charge is 0.363 e. The summed E-state index contributed by atoms with van der Waals surface area (Å²) in [6, 6.07) is 0. The van der Waals surface area contributed by atoms with Crippen LogP contribution in [-0.2, 0) is 36.0 Å². The molecule has 46 valence electrons. The molecule has 0 aromatic carbocycles. The minimum Gasteiger partial charge on any atom is -0.385 e.